The summed E-state index contributed by atoms with van der Waals surface area (Å²) in [4.78, 5) is 4.29. The number of rotatable bonds is 14. The molecule has 0 bridgehead atoms. The Labute approximate surface area is 145 Å². The van der Waals surface area contributed by atoms with Crippen molar-refractivity contribution in [3.05, 3.63) is 0 Å². The van der Waals surface area contributed by atoms with Crippen LogP contribution in [0.3, 0.4) is 0 Å². The maximum Gasteiger partial charge on any atom is 0.195 e. The zero-order chi connectivity index (χ0) is 17.9. The smallest absolute Gasteiger partial charge is 0.195 e. The summed E-state index contributed by atoms with van der Waals surface area (Å²) < 4.78 is 5.53. The molecule has 1 aliphatic rings. The molecular weight excluding hydrogens is 310 g/mol. The van der Waals surface area contributed by atoms with Crippen LogP contribution in [-0.4, -0.2) is 64.9 Å². The topological polar surface area (TPSA) is 103 Å². The number of aliphatic hydroxyl groups excluding tert-OH is 4. The van der Waals surface area contributed by atoms with E-state index in [1.807, 2.05) is 0 Å². The highest BCUT2D eigenvalue weighted by Gasteiger charge is 2.44. The Morgan fingerprint density at radius 2 is 1.46 bits per heavy atom. The summed E-state index contributed by atoms with van der Waals surface area (Å²) in [5, 5.41) is 38.4. The van der Waals surface area contributed by atoms with Crippen molar-refractivity contribution in [2.45, 2.75) is 70.3 Å². The summed E-state index contributed by atoms with van der Waals surface area (Å²) >= 11 is 0. The van der Waals surface area contributed by atoms with Crippen molar-refractivity contribution >= 4 is 5.90 Å². The first-order valence-electron chi connectivity index (χ1n) is 9.28. The second-order valence-electron chi connectivity index (χ2n) is 7.07. The molecule has 0 aliphatic carbocycles. The first-order valence-corrected chi connectivity index (χ1v) is 9.28. The predicted molar refractivity (Wildman–Crippen MR) is 94.1 cm³/mol. The molecule has 0 saturated carbocycles. The van der Waals surface area contributed by atoms with Crippen LogP contribution in [0.15, 0.2) is 4.99 Å². The van der Waals surface area contributed by atoms with Gasteiger partial charge in [-0.25, -0.2) is 4.99 Å². The van der Waals surface area contributed by atoms with Gasteiger partial charge in [-0.05, 0) is 6.42 Å². The third-order valence-electron chi connectivity index (χ3n) is 4.97. The largest absolute Gasteiger partial charge is 0.478 e. The Morgan fingerprint density at radius 1 is 0.917 bits per heavy atom. The van der Waals surface area contributed by atoms with Gasteiger partial charge in [0, 0.05) is 0 Å². The predicted octanol–water partition coefficient (Wildman–Crippen LogP) is 1.64. The van der Waals surface area contributed by atoms with Gasteiger partial charge in [0.05, 0.1) is 31.8 Å². The van der Waals surface area contributed by atoms with Crippen LogP contribution in [0.4, 0.5) is 0 Å². The first kappa shape index (κ1) is 21.4. The normalized spacial score (nSPS) is 17.0. The molecule has 6 heteroatoms. The number of hydrogen-bond donors (Lipinski definition) is 4. The highest BCUT2D eigenvalue weighted by atomic mass is 16.5. The number of unbranched alkanes of at least 4 members (excludes halogenated alkanes) is 7. The van der Waals surface area contributed by atoms with Crippen LogP contribution in [0.1, 0.15) is 64.7 Å². The molecule has 0 saturated heterocycles. The summed E-state index contributed by atoms with van der Waals surface area (Å²) in [6, 6.07) is 0. The molecule has 0 amide bonds. The average Bonchev–Trinajstić information content (AvgIpc) is 3.07. The van der Waals surface area contributed by atoms with Crippen LogP contribution >= 0.6 is 0 Å². The third-order valence-corrected chi connectivity index (χ3v) is 4.97. The first-order chi connectivity index (χ1) is 11.6. The number of aliphatic hydroxyl groups is 4. The summed E-state index contributed by atoms with van der Waals surface area (Å²) in [5.74, 6) is 0.263. The van der Waals surface area contributed by atoms with E-state index >= 15 is 0 Å². The van der Waals surface area contributed by atoms with Gasteiger partial charge in [0.25, 0.3) is 0 Å². The SMILES string of the molecule is CCCCCCCCCCC(CO)(CO)C1=NC(CO)(CO)CO1. The zero-order valence-electron chi connectivity index (χ0n) is 15.0. The lowest BCUT2D eigenvalue weighted by Crippen LogP contribution is -2.39. The van der Waals surface area contributed by atoms with Crippen LogP contribution in [0.2, 0.25) is 0 Å². The van der Waals surface area contributed by atoms with Gasteiger partial charge in [0.2, 0.25) is 0 Å². The summed E-state index contributed by atoms with van der Waals surface area (Å²) in [6.45, 7) is 1.13. The van der Waals surface area contributed by atoms with Crippen LogP contribution < -0.4 is 0 Å². The molecule has 0 fully saturated rings. The minimum atomic E-state index is -1.05. The van der Waals surface area contributed by atoms with Gasteiger partial charge >= 0.3 is 0 Å². The molecule has 24 heavy (non-hydrogen) atoms. The van der Waals surface area contributed by atoms with Gasteiger partial charge in [-0.2, -0.15) is 0 Å². The van der Waals surface area contributed by atoms with Crippen molar-refractivity contribution in [3.8, 4) is 0 Å². The van der Waals surface area contributed by atoms with E-state index in [0.717, 1.165) is 19.3 Å². The molecule has 4 N–H and O–H groups in total. The Hall–Kier alpha value is -0.690. The molecule has 1 heterocycles. The minimum absolute atomic E-state index is 0.0779. The van der Waals surface area contributed by atoms with Crippen molar-refractivity contribution in [1.82, 2.24) is 0 Å². The highest BCUT2D eigenvalue weighted by molar-refractivity contribution is 5.85. The quantitative estimate of drug-likeness (QED) is 0.358. The van der Waals surface area contributed by atoms with E-state index in [1.54, 1.807) is 0 Å². The standard InChI is InChI=1S/C18H35NO5/c1-2-3-4-5-6-7-8-9-10-17(11-20,12-21)16-19-18(13-22,14-23)15-24-16/h20-23H,2-15H2,1H3. The molecule has 1 aliphatic heterocycles. The summed E-state index contributed by atoms with van der Waals surface area (Å²) in [6.07, 6.45) is 10.00. The monoisotopic (exact) mass is 345 g/mol. The van der Waals surface area contributed by atoms with Crippen LogP contribution in [0.5, 0.6) is 0 Å². The molecule has 0 aromatic heterocycles. The lowest BCUT2D eigenvalue weighted by atomic mass is 9.83. The fourth-order valence-electron chi connectivity index (χ4n) is 3.01. The van der Waals surface area contributed by atoms with E-state index in [-0.39, 0.29) is 38.9 Å². The van der Waals surface area contributed by atoms with Crippen LogP contribution in [-0.2, 0) is 4.74 Å². The Morgan fingerprint density at radius 3 is 1.92 bits per heavy atom. The molecular formula is C18H35NO5. The van der Waals surface area contributed by atoms with E-state index < -0.39 is 11.0 Å². The molecule has 142 valence electrons. The van der Waals surface area contributed by atoms with E-state index in [0.29, 0.717) is 6.42 Å². The Balaban J connectivity index is 2.48. The van der Waals surface area contributed by atoms with Crippen molar-refractivity contribution in [1.29, 1.82) is 0 Å². The van der Waals surface area contributed by atoms with E-state index in [4.69, 9.17) is 4.74 Å². The highest BCUT2D eigenvalue weighted by Crippen LogP contribution is 2.33. The number of ether oxygens (including phenoxy) is 1. The van der Waals surface area contributed by atoms with Crippen molar-refractivity contribution in [2.24, 2.45) is 10.4 Å². The Kier molecular flexibility index (Phi) is 9.81. The zero-order valence-corrected chi connectivity index (χ0v) is 15.0. The minimum Gasteiger partial charge on any atom is -0.478 e. The van der Waals surface area contributed by atoms with Crippen LogP contribution in [0.25, 0.3) is 0 Å². The molecule has 0 radical (unpaired) electrons. The third kappa shape index (κ3) is 5.69. The second-order valence-corrected chi connectivity index (χ2v) is 7.07. The van der Waals surface area contributed by atoms with Crippen molar-refractivity contribution < 1.29 is 25.2 Å². The van der Waals surface area contributed by atoms with Gasteiger partial charge in [-0.3, -0.25) is 0 Å². The summed E-state index contributed by atoms with van der Waals surface area (Å²) in [5.41, 5.74) is -1.97. The fraction of sp³-hybridized carbons (Fsp3) is 0.944. The Bertz CT molecular complexity index is 364. The fourth-order valence-corrected chi connectivity index (χ4v) is 3.01. The van der Waals surface area contributed by atoms with Gasteiger partial charge in [-0.1, -0.05) is 58.3 Å². The molecule has 6 nitrogen and oxygen atoms in total. The van der Waals surface area contributed by atoms with E-state index in [9.17, 15) is 20.4 Å². The van der Waals surface area contributed by atoms with Gasteiger partial charge in [0.15, 0.2) is 5.90 Å². The lowest BCUT2D eigenvalue weighted by molar-refractivity contribution is 0.0707. The molecule has 0 aromatic rings. The van der Waals surface area contributed by atoms with Gasteiger partial charge < -0.3 is 25.2 Å². The summed E-state index contributed by atoms with van der Waals surface area (Å²) in [7, 11) is 0. The lowest BCUT2D eigenvalue weighted by Gasteiger charge is -2.28. The van der Waals surface area contributed by atoms with Crippen LogP contribution in [0, 0.1) is 5.41 Å². The second kappa shape index (κ2) is 11.0. The van der Waals surface area contributed by atoms with Crippen molar-refractivity contribution in [3.63, 3.8) is 0 Å². The van der Waals surface area contributed by atoms with Crippen molar-refractivity contribution in [2.75, 3.05) is 33.0 Å². The van der Waals surface area contributed by atoms with Gasteiger partial charge in [-0.15, -0.1) is 0 Å². The molecule has 1 rings (SSSR count). The molecule has 0 aromatic carbocycles. The number of nitrogens with zero attached hydrogens (tertiary/aromatic N) is 1. The van der Waals surface area contributed by atoms with E-state index in [2.05, 4.69) is 11.9 Å². The average molecular weight is 345 g/mol. The van der Waals surface area contributed by atoms with Gasteiger partial charge in [0.1, 0.15) is 12.1 Å². The maximum atomic E-state index is 9.81. The number of aliphatic imine (C=N–C) groups is 1. The molecule has 0 spiro atoms. The maximum absolute atomic E-state index is 9.81. The van der Waals surface area contributed by atoms with E-state index in [1.165, 1.54) is 32.1 Å². The molecule has 0 atom stereocenters. The number of hydrogen-bond acceptors (Lipinski definition) is 6. The molecule has 0 unspecified atom stereocenters.